The Morgan fingerprint density at radius 2 is 1.86 bits per heavy atom. The van der Waals surface area contributed by atoms with Crippen LogP contribution >= 0.6 is 0 Å². The normalized spacial score (nSPS) is 16.7. The van der Waals surface area contributed by atoms with Crippen LogP contribution in [-0.4, -0.2) is 58.7 Å². The molecule has 21 heavy (non-hydrogen) atoms. The highest BCUT2D eigenvalue weighted by molar-refractivity contribution is 5.92. The molecule has 5 heteroatoms. The Morgan fingerprint density at radius 3 is 2.67 bits per heavy atom. The average molecular weight is 284 g/mol. The summed E-state index contributed by atoms with van der Waals surface area (Å²) in [7, 11) is 2.10. The molecule has 2 heterocycles. The van der Waals surface area contributed by atoms with Crippen molar-refractivity contribution in [2.45, 2.75) is 6.42 Å². The fourth-order valence-electron chi connectivity index (χ4n) is 2.57. The van der Waals surface area contributed by atoms with Gasteiger partial charge in [0.2, 0.25) is 0 Å². The first kappa shape index (κ1) is 13.8. The van der Waals surface area contributed by atoms with Crippen LogP contribution in [0.5, 0.6) is 0 Å². The number of carbonyl (C=O) groups excluding carboxylic acids is 1. The van der Waals surface area contributed by atoms with Crippen molar-refractivity contribution >= 4 is 5.91 Å². The van der Waals surface area contributed by atoms with Crippen LogP contribution in [0.2, 0.25) is 0 Å². The van der Waals surface area contributed by atoms with Crippen molar-refractivity contribution in [2.24, 2.45) is 0 Å². The summed E-state index contributed by atoms with van der Waals surface area (Å²) in [5.41, 5.74) is 1.48. The van der Waals surface area contributed by atoms with Gasteiger partial charge in [0.05, 0.1) is 5.69 Å². The molecule has 0 bridgehead atoms. The van der Waals surface area contributed by atoms with Crippen molar-refractivity contribution in [1.82, 2.24) is 19.6 Å². The standard InChI is InChI=1S/C16H20N4O/c1-18-9-5-10-19(13-12-18)16(21)15-8-11-20(17-15)14-6-3-2-4-7-14/h2-4,6-8,11H,5,9-10,12-13H2,1H3. The second-order valence-corrected chi connectivity index (χ2v) is 5.43. The molecule has 1 aliphatic rings. The molecular weight excluding hydrogens is 264 g/mol. The number of nitrogens with zero attached hydrogens (tertiary/aromatic N) is 4. The molecule has 1 fully saturated rings. The third-order valence-corrected chi connectivity index (χ3v) is 3.84. The van der Waals surface area contributed by atoms with Gasteiger partial charge in [-0.25, -0.2) is 4.68 Å². The summed E-state index contributed by atoms with van der Waals surface area (Å²) < 4.78 is 1.75. The Balaban J connectivity index is 1.75. The van der Waals surface area contributed by atoms with Gasteiger partial charge in [-0.05, 0) is 38.2 Å². The van der Waals surface area contributed by atoms with Gasteiger partial charge in [0.25, 0.3) is 5.91 Å². The fourth-order valence-corrected chi connectivity index (χ4v) is 2.57. The van der Waals surface area contributed by atoms with E-state index in [1.165, 1.54) is 0 Å². The van der Waals surface area contributed by atoms with Crippen LogP contribution in [0.1, 0.15) is 16.9 Å². The summed E-state index contributed by atoms with van der Waals surface area (Å²) in [6.45, 7) is 3.54. The van der Waals surface area contributed by atoms with E-state index in [1.807, 2.05) is 41.4 Å². The van der Waals surface area contributed by atoms with Gasteiger partial charge in [-0.15, -0.1) is 0 Å². The Kier molecular flexibility index (Phi) is 4.01. The maximum Gasteiger partial charge on any atom is 0.274 e. The van der Waals surface area contributed by atoms with E-state index in [-0.39, 0.29) is 5.91 Å². The SMILES string of the molecule is CN1CCCN(C(=O)c2ccn(-c3ccccc3)n2)CC1. The van der Waals surface area contributed by atoms with E-state index in [0.717, 1.165) is 38.3 Å². The Hall–Kier alpha value is -2.14. The number of para-hydroxylation sites is 1. The molecule has 0 spiro atoms. The van der Waals surface area contributed by atoms with Crippen LogP contribution in [0.15, 0.2) is 42.6 Å². The first-order valence-electron chi connectivity index (χ1n) is 7.33. The van der Waals surface area contributed by atoms with Gasteiger partial charge in [0.1, 0.15) is 0 Å². The zero-order valence-corrected chi connectivity index (χ0v) is 12.3. The van der Waals surface area contributed by atoms with Crippen LogP contribution in [0.25, 0.3) is 5.69 Å². The second-order valence-electron chi connectivity index (χ2n) is 5.43. The van der Waals surface area contributed by atoms with E-state index in [1.54, 1.807) is 10.7 Å². The first-order valence-corrected chi connectivity index (χ1v) is 7.33. The van der Waals surface area contributed by atoms with Crippen molar-refractivity contribution in [3.8, 4) is 5.69 Å². The Bertz CT molecular complexity index is 608. The molecule has 3 rings (SSSR count). The topological polar surface area (TPSA) is 41.4 Å². The lowest BCUT2D eigenvalue weighted by molar-refractivity contribution is 0.0756. The van der Waals surface area contributed by atoms with E-state index in [4.69, 9.17) is 0 Å². The molecule has 1 saturated heterocycles. The van der Waals surface area contributed by atoms with Crippen LogP contribution in [-0.2, 0) is 0 Å². The summed E-state index contributed by atoms with van der Waals surface area (Å²) in [5.74, 6) is 0.0278. The van der Waals surface area contributed by atoms with Crippen LogP contribution in [0.3, 0.4) is 0 Å². The molecule has 0 saturated carbocycles. The van der Waals surface area contributed by atoms with Gasteiger partial charge >= 0.3 is 0 Å². The number of benzene rings is 1. The molecule has 0 radical (unpaired) electrons. The lowest BCUT2D eigenvalue weighted by atomic mass is 10.3. The van der Waals surface area contributed by atoms with E-state index in [2.05, 4.69) is 17.0 Å². The van der Waals surface area contributed by atoms with E-state index in [0.29, 0.717) is 5.69 Å². The van der Waals surface area contributed by atoms with Crippen molar-refractivity contribution in [2.75, 3.05) is 33.2 Å². The summed E-state index contributed by atoms with van der Waals surface area (Å²) in [6.07, 6.45) is 2.86. The number of hydrogen-bond donors (Lipinski definition) is 0. The highest BCUT2D eigenvalue weighted by Gasteiger charge is 2.20. The van der Waals surface area contributed by atoms with Gasteiger partial charge in [-0.3, -0.25) is 4.79 Å². The lowest BCUT2D eigenvalue weighted by Crippen LogP contribution is -2.34. The predicted molar refractivity (Wildman–Crippen MR) is 81.6 cm³/mol. The van der Waals surface area contributed by atoms with Gasteiger partial charge in [-0.2, -0.15) is 5.10 Å². The van der Waals surface area contributed by atoms with Crippen LogP contribution in [0, 0.1) is 0 Å². The highest BCUT2D eigenvalue weighted by Crippen LogP contribution is 2.10. The van der Waals surface area contributed by atoms with E-state index >= 15 is 0 Å². The maximum absolute atomic E-state index is 12.5. The Morgan fingerprint density at radius 1 is 1.05 bits per heavy atom. The number of likely N-dealkylation sites (N-methyl/N-ethyl adjacent to an activating group) is 1. The molecule has 0 N–H and O–H groups in total. The van der Waals surface area contributed by atoms with Crippen molar-refractivity contribution in [3.05, 3.63) is 48.3 Å². The molecule has 1 aliphatic heterocycles. The zero-order chi connectivity index (χ0) is 14.7. The summed E-state index contributed by atoms with van der Waals surface area (Å²) in [4.78, 5) is 16.7. The van der Waals surface area contributed by atoms with Crippen molar-refractivity contribution < 1.29 is 4.79 Å². The van der Waals surface area contributed by atoms with Gasteiger partial charge in [0, 0.05) is 25.8 Å². The van der Waals surface area contributed by atoms with E-state index < -0.39 is 0 Å². The molecule has 110 valence electrons. The zero-order valence-electron chi connectivity index (χ0n) is 12.3. The van der Waals surface area contributed by atoms with E-state index in [9.17, 15) is 4.79 Å². The molecule has 0 atom stereocenters. The average Bonchev–Trinajstić information content (AvgIpc) is 2.91. The predicted octanol–water partition coefficient (Wildman–Crippen LogP) is 1.65. The minimum absolute atomic E-state index is 0.0278. The number of hydrogen-bond acceptors (Lipinski definition) is 3. The number of amides is 1. The van der Waals surface area contributed by atoms with Crippen LogP contribution < -0.4 is 0 Å². The van der Waals surface area contributed by atoms with Crippen molar-refractivity contribution in [1.29, 1.82) is 0 Å². The summed E-state index contributed by atoms with van der Waals surface area (Å²) >= 11 is 0. The minimum Gasteiger partial charge on any atom is -0.336 e. The molecular formula is C16H20N4O. The molecule has 5 nitrogen and oxygen atoms in total. The Labute approximate surface area is 124 Å². The van der Waals surface area contributed by atoms with Gasteiger partial charge in [-0.1, -0.05) is 18.2 Å². The second kappa shape index (κ2) is 6.10. The molecule has 0 unspecified atom stereocenters. The smallest absolute Gasteiger partial charge is 0.274 e. The molecule has 1 aromatic carbocycles. The van der Waals surface area contributed by atoms with Gasteiger partial charge < -0.3 is 9.80 Å². The third kappa shape index (κ3) is 3.13. The number of carbonyl (C=O) groups is 1. The third-order valence-electron chi connectivity index (χ3n) is 3.84. The lowest BCUT2D eigenvalue weighted by Gasteiger charge is -2.19. The highest BCUT2D eigenvalue weighted by atomic mass is 16.2. The number of aromatic nitrogens is 2. The monoisotopic (exact) mass is 284 g/mol. The minimum atomic E-state index is 0.0278. The molecule has 2 aromatic rings. The number of rotatable bonds is 2. The maximum atomic E-state index is 12.5. The molecule has 1 amide bonds. The largest absolute Gasteiger partial charge is 0.336 e. The van der Waals surface area contributed by atoms with Crippen LogP contribution in [0.4, 0.5) is 0 Å². The summed E-state index contributed by atoms with van der Waals surface area (Å²) in [6, 6.07) is 11.6. The van der Waals surface area contributed by atoms with Gasteiger partial charge in [0.15, 0.2) is 5.69 Å². The summed E-state index contributed by atoms with van der Waals surface area (Å²) in [5, 5.41) is 4.42. The first-order chi connectivity index (χ1) is 10.2. The molecule has 1 aromatic heterocycles. The quantitative estimate of drug-likeness (QED) is 0.842. The molecule has 0 aliphatic carbocycles. The fraction of sp³-hybridized carbons (Fsp3) is 0.375. The van der Waals surface area contributed by atoms with Crippen molar-refractivity contribution in [3.63, 3.8) is 0 Å².